The maximum atomic E-state index is 10.1. The first kappa shape index (κ1) is 15.0. The van der Waals surface area contributed by atoms with E-state index in [4.69, 9.17) is 0 Å². The van der Waals surface area contributed by atoms with Crippen LogP contribution in [0.25, 0.3) is 0 Å². The molecule has 3 rings (SSSR count). The van der Waals surface area contributed by atoms with Gasteiger partial charge in [0.2, 0.25) is 0 Å². The molecule has 1 saturated heterocycles. The summed E-state index contributed by atoms with van der Waals surface area (Å²) in [5.74, 6) is 0.811. The van der Waals surface area contributed by atoms with Crippen LogP contribution in [-0.2, 0) is 6.42 Å². The highest BCUT2D eigenvalue weighted by Crippen LogP contribution is 2.22. The fourth-order valence-corrected chi connectivity index (χ4v) is 3.27. The Bertz CT molecular complexity index is 410. The molecular formula is C18H28N2O. The zero-order valence-electron chi connectivity index (χ0n) is 12.9. The van der Waals surface area contributed by atoms with Crippen molar-refractivity contribution in [3.05, 3.63) is 35.9 Å². The first-order valence-corrected chi connectivity index (χ1v) is 8.47. The van der Waals surface area contributed by atoms with Crippen molar-refractivity contribution >= 4 is 0 Å². The van der Waals surface area contributed by atoms with Crippen LogP contribution in [-0.4, -0.2) is 48.3 Å². The number of aliphatic hydroxyl groups is 1. The van der Waals surface area contributed by atoms with Crippen LogP contribution in [0.5, 0.6) is 0 Å². The van der Waals surface area contributed by atoms with Gasteiger partial charge in [-0.1, -0.05) is 30.3 Å². The predicted octanol–water partition coefficient (Wildman–Crippen LogP) is 2.05. The minimum atomic E-state index is -0.212. The number of nitrogens with one attached hydrogen (secondary N) is 1. The van der Waals surface area contributed by atoms with Gasteiger partial charge in [-0.25, -0.2) is 0 Å². The van der Waals surface area contributed by atoms with Gasteiger partial charge >= 0.3 is 0 Å². The Kier molecular flexibility index (Phi) is 5.28. The van der Waals surface area contributed by atoms with Crippen molar-refractivity contribution in [2.45, 2.75) is 44.2 Å². The largest absolute Gasteiger partial charge is 0.390 e. The summed E-state index contributed by atoms with van der Waals surface area (Å²) in [7, 11) is 0. The van der Waals surface area contributed by atoms with E-state index in [0.717, 1.165) is 32.1 Å². The molecule has 0 amide bonds. The summed E-state index contributed by atoms with van der Waals surface area (Å²) in [5, 5.41) is 13.5. The molecule has 1 aliphatic heterocycles. The van der Waals surface area contributed by atoms with Crippen molar-refractivity contribution in [2.24, 2.45) is 5.92 Å². The second kappa shape index (κ2) is 7.39. The monoisotopic (exact) mass is 288 g/mol. The van der Waals surface area contributed by atoms with E-state index < -0.39 is 0 Å². The Labute approximate surface area is 128 Å². The lowest BCUT2D eigenvalue weighted by atomic mass is 9.90. The second-order valence-electron chi connectivity index (χ2n) is 6.77. The maximum absolute atomic E-state index is 10.1. The molecule has 1 aromatic rings. The summed E-state index contributed by atoms with van der Waals surface area (Å²) in [5.41, 5.74) is 1.46. The first-order chi connectivity index (χ1) is 10.3. The molecule has 3 nitrogen and oxygen atoms in total. The molecule has 1 unspecified atom stereocenters. The lowest BCUT2D eigenvalue weighted by Gasteiger charge is -2.33. The van der Waals surface area contributed by atoms with Gasteiger partial charge in [-0.15, -0.1) is 0 Å². The van der Waals surface area contributed by atoms with Crippen molar-refractivity contribution in [1.29, 1.82) is 0 Å². The highest BCUT2D eigenvalue weighted by atomic mass is 16.3. The number of likely N-dealkylation sites (tertiary alicyclic amines) is 1. The van der Waals surface area contributed by atoms with E-state index >= 15 is 0 Å². The molecule has 1 heterocycles. The van der Waals surface area contributed by atoms with E-state index in [1.54, 1.807) is 0 Å². The van der Waals surface area contributed by atoms with Crippen LogP contribution in [0.1, 0.15) is 31.2 Å². The Morgan fingerprint density at radius 3 is 2.48 bits per heavy atom. The molecule has 2 aliphatic rings. The number of piperidine rings is 1. The third-order valence-electron chi connectivity index (χ3n) is 4.76. The Balaban J connectivity index is 1.34. The summed E-state index contributed by atoms with van der Waals surface area (Å²) < 4.78 is 0. The smallest absolute Gasteiger partial charge is 0.0791 e. The van der Waals surface area contributed by atoms with Crippen molar-refractivity contribution in [3.63, 3.8) is 0 Å². The number of hydrogen-bond acceptors (Lipinski definition) is 3. The molecule has 1 aliphatic carbocycles. The maximum Gasteiger partial charge on any atom is 0.0791 e. The number of rotatable bonds is 7. The van der Waals surface area contributed by atoms with Gasteiger partial charge in [0.1, 0.15) is 0 Å². The molecule has 0 radical (unpaired) electrons. The number of benzene rings is 1. The standard InChI is InChI=1S/C18H28N2O/c21-18(13-19-17-6-7-17)14-20-10-8-16(9-11-20)12-15-4-2-1-3-5-15/h1-5,16-19,21H,6-14H2. The van der Waals surface area contributed by atoms with Gasteiger partial charge in [0.05, 0.1) is 6.10 Å². The first-order valence-electron chi connectivity index (χ1n) is 8.47. The zero-order chi connectivity index (χ0) is 14.5. The van der Waals surface area contributed by atoms with Crippen LogP contribution in [0, 0.1) is 5.92 Å². The van der Waals surface area contributed by atoms with Gasteiger partial charge in [0.15, 0.2) is 0 Å². The van der Waals surface area contributed by atoms with Crippen LogP contribution in [0.3, 0.4) is 0 Å². The number of aliphatic hydroxyl groups excluding tert-OH is 1. The molecule has 3 heteroatoms. The van der Waals surface area contributed by atoms with Crippen LogP contribution in [0.4, 0.5) is 0 Å². The van der Waals surface area contributed by atoms with Crippen LogP contribution >= 0.6 is 0 Å². The number of hydrogen-bond donors (Lipinski definition) is 2. The second-order valence-corrected chi connectivity index (χ2v) is 6.77. The van der Waals surface area contributed by atoms with Gasteiger partial charge < -0.3 is 15.3 Å². The van der Waals surface area contributed by atoms with Gasteiger partial charge in [0, 0.05) is 19.1 Å². The highest BCUT2D eigenvalue weighted by Gasteiger charge is 2.24. The van der Waals surface area contributed by atoms with Crippen molar-refractivity contribution in [3.8, 4) is 0 Å². The van der Waals surface area contributed by atoms with E-state index in [0.29, 0.717) is 6.04 Å². The van der Waals surface area contributed by atoms with E-state index in [-0.39, 0.29) is 6.10 Å². The topological polar surface area (TPSA) is 35.5 Å². The minimum absolute atomic E-state index is 0.212. The predicted molar refractivity (Wildman–Crippen MR) is 86.3 cm³/mol. The normalized spacial score (nSPS) is 22.3. The van der Waals surface area contributed by atoms with Gasteiger partial charge in [0.25, 0.3) is 0 Å². The van der Waals surface area contributed by atoms with E-state index in [9.17, 15) is 5.11 Å². The number of nitrogens with zero attached hydrogens (tertiary/aromatic N) is 1. The summed E-state index contributed by atoms with van der Waals surface area (Å²) in [4.78, 5) is 2.43. The zero-order valence-corrected chi connectivity index (χ0v) is 12.9. The van der Waals surface area contributed by atoms with E-state index in [2.05, 4.69) is 40.5 Å². The Morgan fingerprint density at radius 2 is 1.81 bits per heavy atom. The van der Waals surface area contributed by atoms with Gasteiger partial charge in [-0.2, -0.15) is 0 Å². The summed E-state index contributed by atoms with van der Waals surface area (Å²) in [6.07, 6.45) is 6.10. The van der Waals surface area contributed by atoms with E-state index in [1.165, 1.54) is 37.7 Å². The molecule has 2 fully saturated rings. The van der Waals surface area contributed by atoms with Crippen molar-refractivity contribution in [2.75, 3.05) is 26.2 Å². The third-order valence-corrected chi connectivity index (χ3v) is 4.76. The summed E-state index contributed by atoms with van der Waals surface area (Å²) in [6.45, 7) is 3.86. The summed E-state index contributed by atoms with van der Waals surface area (Å²) in [6, 6.07) is 11.5. The molecular weight excluding hydrogens is 260 g/mol. The SMILES string of the molecule is OC(CNC1CC1)CN1CCC(Cc2ccccc2)CC1. The van der Waals surface area contributed by atoms with Crippen molar-refractivity contribution < 1.29 is 5.11 Å². The Hall–Kier alpha value is -0.900. The minimum Gasteiger partial charge on any atom is -0.390 e. The fourth-order valence-electron chi connectivity index (χ4n) is 3.27. The molecule has 0 spiro atoms. The quantitative estimate of drug-likeness (QED) is 0.806. The van der Waals surface area contributed by atoms with Crippen LogP contribution in [0.15, 0.2) is 30.3 Å². The van der Waals surface area contributed by atoms with Gasteiger partial charge in [-0.05, 0) is 56.7 Å². The van der Waals surface area contributed by atoms with Crippen LogP contribution < -0.4 is 5.32 Å². The average Bonchev–Trinajstić information content (AvgIpc) is 3.33. The lowest BCUT2D eigenvalue weighted by Crippen LogP contribution is -2.42. The fraction of sp³-hybridized carbons (Fsp3) is 0.667. The molecule has 1 saturated carbocycles. The highest BCUT2D eigenvalue weighted by molar-refractivity contribution is 5.15. The number of β-amino-alcohol motifs (C(OH)–C–C–N with tert-alkyl or cyclic N) is 1. The molecule has 2 N–H and O–H groups in total. The summed E-state index contributed by atoms with van der Waals surface area (Å²) >= 11 is 0. The average molecular weight is 288 g/mol. The Morgan fingerprint density at radius 1 is 1.10 bits per heavy atom. The molecule has 21 heavy (non-hydrogen) atoms. The molecule has 0 bridgehead atoms. The molecule has 116 valence electrons. The van der Waals surface area contributed by atoms with Crippen LogP contribution in [0.2, 0.25) is 0 Å². The molecule has 1 atom stereocenters. The van der Waals surface area contributed by atoms with Gasteiger partial charge in [-0.3, -0.25) is 0 Å². The van der Waals surface area contributed by atoms with Crippen molar-refractivity contribution in [1.82, 2.24) is 10.2 Å². The molecule has 1 aromatic carbocycles. The third kappa shape index (κ3) is 5.10. The van der Waals surface area contributed by atoms with E-state index in [1.807, 2.05) is 0 Å². The molecule has 0 aromatic heterocycles. The lowest BCUT2D eigenvalue weighted by molar-refractivity contribution is 0.0884.